The first-order valence-electron chi connectivity index (χ1n) is 8.08. The van der Waals surface area contributed by atoms with Gasteiger partial charge in [0.05, 0.1) is 6.54 Å². The van der Waals surface area contributed by atoms with Crippen LogP contribution in [-0.2, 0) is 13.1 Å². The summed E-state index contributed by atoms with van der Waals surface area (Å²) < 4.78 is 2.07. The zero-order valence-electron chi connectivity index (χ0n) is 12.8. The van der Waals surface area contributed by atoms with E-state index in [0.717, 1.165) is 38.4 Å². The number of aryl methyl sites for hydroxylation is 1. The summed E-state index contributed by atoms with van der Waals surface area (Å²) in [6.45, 7) is 8.67. The highest BCUT2D eigenvalue weighted by Gasteiger charge is 2.40. The molecule has 1 saturated heterocycles. The van der Waals surface area contributed by atoms with Crippen LogP contribution in [-0.4, -0.2) is 44.3 Å². The molecule has 0 aromatic carbocycles. The highest BCUT2D eigenvalue weighted by Crippen LogP contribution is 2.33. The molecule has 1 atom stereocenters. The van der Waals surface area contributed by atoms with Gasteiger partial charge in [-0.25, -0.2) is 9.67 Å². The summed E-state index contributed by atoms with van der Waals surface area (Å²) in [4.78, 5) is 7.06. The van der Waals surface area contributed by atoms with E-state index < -0.39 is 0 Å². The molecule has 20 heavy (non-hydrogen) atoms. The van der Waals surface area contributed by atoms with Gasteiger partial charge in [-0.15, -0.1) is 0 Å². The molecule has 1 aromatic heterocycles. The lowest BCUT2D eigenvalue weighted by Crippen LogP contribution is -2.62. The Labute approximate surface area is 121 Å². The van der Waals surface area contributed by atoms with Crippen molar-refractivity contribution in [2.45, 2.75) is 70.6 Å². The van der Waals surface area contributed by atoms with Crippen LogP contribution in [0.2, 0.25) is 0 Å². The number of nitrogens with one attached hydrogen (secondary N) is 1. The molecule has 5 heteroatoms. The summed E-state index contributed by atoms with van der Waals surface area (Å²) in [5.41, 5.74) is 0.377. The summed E-state index contributed by atoms with van der Waals surface area (Å²) in [5.74, 6) is 1.12. The minimum absolute atomic E-state index is 0.377. The summed E-state index contributed by atoms with van der Waals surface area (Å²) in [6.07, 6.45) is 8.22. The van der Waals surface area contributed by atoms with Gasteiger partial charge in [0.15, 0.2) is 0 Å². The maximum Gasteiger partial charge on any atom is 0.141 e. The Morgan fingerprint density at radius 3 is 2.95 bits per heavy atom. The Kier molecular flexibility index (Phi) is 4.08. The first-order valence-corrected chi connectivity index (χ1v) is 8.08. The van der Waals surface area contributed by atoms with Gasteiger partial charge in [-0.3, -0.25) is 4.90 Å². The van der Waals surface area contributed by atoms with Crippen LogP contribution in [0.15, 0.2) is 6.33 Å². The second-order valence-corrected chi connectivity index (χ2v) is 6.52. The quantitative estimate of drug-likeness (QED) is 0.911. The third-order valence-corrected chi connectivity index (χ3v) is 4.94. The largest absolute Gasteiger partial charge is 0.308 e. The average molecular weight is 277 g/mol. The van der Waals surface area contributed by atoms with Crippen molar-refractivity contribution >= 4 is 0 Å². The van der Waals surface area contributed by atoms with E-state index in [0.29, 0.717) is 11.6 Å². The molecular weight excluding hydrogens is 250 g/mol. The van der Waals surface area contributed by atoms with E-state index in [2.05, 4.69) is 38.8 Å². The zero-order chi connectivity index (χ0) is 14.0. The van der Waals surface area contributed by atoms with Crippen molar-refractivity contribution in [2.24, 2.45) is 0 Å². The van der Waals surface area contributed by atoms with Gasteiger partial charge in [0, 0.05) is 31.2 Å². The lowest BCUT2D eigenvalue weighted by molar-refractivity contribution is 0.0790. The lowest BCUT2D eigenvalue weighted by atomic mass is 9.92. The highest BCUT2D eigenvalue weighted by molar-refractivity contribution is 5.01. The first-order chi connectivity index (χ1) is 9.72. The van der Waals surface area contributed by atoms with Crippen LogP contribution >= 0.6 is 0 Å². The summed E-state index contributed by atoms with van der Waals surface area (Å²) in [6, 6.07) is 0.577. The van der Waals surface area contributed by atoms with Crippen LogP contribution in [0, 0.1) is 0 Å². The highest BCUT2D eigenvalue weighted by atomic mass is 15.4. The molecule has 2 heterocycles. The van der Waals surface area contributed by atoms with Crippen molar-refractivity contribution in [2.75, 3.05) is 13.1 Å². The number of rotatable bonds is 4. The fourth-order valence-corrected chi connectivity index (χ4v) is 3.68. The Hall–Kier alpha value is -0.940. The van der Waals surface area contributed by atoms with Crippen molar-refractivity contribution in [3.05, 3.63) is 12.2 Å². The molecule has 1 spiro atoms. The molecule has 1 unspecified atom stereocenters. The van der Waals surface area contributed by atoms with E-state index in [1.807, 2.05) is 0 Å². The van der Waals surface area contributed by atoms with Crippen LogP contribution in [0.4, 0.5) is 0 Å². The molecule has 1 aliphatic carbocycles. The molecular formula is C15H27N5. The Balaban J connectivity index is 1.69. The predicted molar refractivity (Wildman–Crippen MR) is 79.4 cm³/mol. The van der Waals surface area contributed by atoms with E-state index >= 15 is 0 Å². The van der Waals surface area contributed by atoms with E-state index in [4.69, 9.17) is 0 Å². The Morgan fingerprint density at radius 1 is 1.40 bits per heavy atom. The van der Waals surface area contributed by atoms with Crippen LogP contribution < -0.4 is 5.32 Å². The van der Waals surface area contributed by atoms with Gasteiger partial charge in [0.1, 0.15) is 12.2 Å². The van der Waals surface area contributed by atoms with Gasteiger partial charge in [0.2, 0.25) is 0 Å². The Morgan fingerprint density at radius 2 is 2.20 bits per heavy atom. The van der Waals surface area contributed by atoms with Crippen LogP contribution in [0.25, 0.3) is 0 Å². The van der Waals surface area contributed by atoms with Gasteiger partial charge < -0.3 is 5.32 Å². The molecule has 5 nitrogen and oxygen atoms in total. The summed E-state index contributed by atoms with van der Waals surface area (Å²) in [5, 5.41) is 8.16. The minimum Gasteiger partial charge on any atom is -0.308 e. The SMILES string of the molecule is CCCn1ncnc1CN1CC2(CCCC2)NCC1C. The van der Waals surface area contributed by atoms with Crippen molar-refractivity contribution < 1.29 is 0 Å². The fourth-order valence-electron chi connectivity index (χ4n) is 3.68. The molecule has 1 aromatic rings. The summed E-state index contributed by atoms with van der Waals surface area (Å²) >= 11 is 0. The molecule has 3 rings (SSSR count). The van der Waals surface area contributed by atoms with Crippen molar-refractivity contribution in [3.63, 3.8) is 0 Å². The molecule has 0 amide bonds. The number of piperazine rings is 1. The minimum atomic E-state index is 0.377. The number of hydrogen-bond acceptors (Lipinski definition) is 4. The van der Waals surface area contributed by atoms with Gasteiger partial charge in [-0.1, -0.05) is 19.8 Å². The van der Waals surface area contributed by atoms with Crippen LogP contribution in [0.3, 0.4) is 0 Å². The van der Waals surface area contributed by atoms with Gasteiger partial charge in [-0.2, -0.15) is 5.10 Å². The molecule has 1 aliphatic heterocycles. The Bertz CT molecular complexity index is 435. The molecule has 1 N–H and O–H groups in total. The topological polar surface area (TPSA) is 46.0 Å². The molecule has 2 aliphatic rings. The maximum absolute atomic E-state index is 4.47. The second-order valence-electron chi connectivity index (χ2n) is 6.52. The third-order valence-electron chi connectivity index (χ3n) is 4.94. The van der Waals surface area contributed by atoms with E-state index in [1.165, 1.54) is 25.7 Å². The smallest absolute Gasteiger partial charge is 0.141 e. The number of hydrogen-bond donors (Lipinski definition) is 1. The number of aromatic nitrogens is 3. The van der Waals surface area contributed by atoms with Crippen LogP contribution in [0.1, 0.15) is 51.8 Å². The standard InChI is InChI=1S/C15H27N5/c1-3-8-20-14(16-12-18-20)10-19-11-15(6-4-5-7-15)17-9-13(19)2/h12-13,17H,3-11H2,1-2H3. The van der Waals surface area contributed by atoms with Gasteiger partial charge >= 0.3 is 0 Å². The van der Waals surface area contributed by atoms with Crippen LogP contribution in [0.5, 0.6) is 0 Å². The van der Waals surface area contributed by atoms with Crippen molar-refractivity contribution in [1.29, 1.82) is 0 Å². The summed E-state index contributed by atoms with van der Waals surface area (Å²) in [7, 11) is 0. The van der Waals surface area contributed by atoms with Gasteiger partial charge in [0.25, 0.3) is 0 Å². The normalized spacial score (nSPS) is 26.4. The van der Waals surface area contributed by atoms with Gasteiger partial charge in [-0.05, 0) is 26.2 Å². The van der Waals surface area contributed by atoms with E-state index in [1.54, 1.807) is 6.33 Å². The lowest BCUT2D eigenvalue weighted by Gasteiger charge is -2.45. The molecule has 2 fully saturated rings. The second kappa shape index (κ2) is 5.82. The molecule has 112 valence electrons. The van der Waals surface area contributed by atoms with Crippen molar-refractivity contribution in [1.82, 2.24) is 25.0 Å². The molecule has 1 saturated carbocycles. The predicted octanol–water partition coefficient (Wildman–Crippen LogP) is 1.79. The third kappa shape index (κ3) is 2.74. The first kappa shape index (κ1) is 14.0. The fraction of sp³-hybridized carbons (Fsp3) is 0.867. The maximum atomic E-state index is 4.47. The average Bonchev–Trinajstić information content (AvgIpc) is 3.06. The monoisotopic (exact) mass is 277 g/mol. The van der Waals surface area contributed by atoms with E-state index in [9.17, 15) is 0 Å². The number of nitrogens with zero attached hydrogens (tertiary/aromatic N) is 4. The van der Waals surface area contributed by atoms with Crippen molar-refractivity contribution in [3.8, 4) is 0 Å². The zero-order valence-corrected chi connectivity index (χ0v) is 12.8. The molecule has 0 bridgehead atoms. The molecule has 0 radical (unpaired) electrons. The van der Waals surface area contributed by atoms with E-state index in [-0.39, 0.29) is 0 Å².